The summed E-state index contributed by atoms with van der Waals surface area (Å²) in [6.45, 7) is 0.843. The van der Waals surface area contributed by atoms with Crippen LogP contribution in [0.1, 0.15) is 19.3 Å². The van der Waals surface area contributed by atoms with Crippen LogP contribution in [0.25, 0.3) is 0 Å². The van der Waals surface area contributed by atoms with Gasteiger partial charge in [-0.15, -0.1) is 0 Å². The molecule has 0 aromatic rings. The molecule has 1 aliphatic rings. The highest BCUT2D eigenvalue weighted by Crippen LogP contribution is 2.10. The van der Waals surface area contributed by atoms with Crippen LogP contribution >= 0.6 is 15.9 Å². The summed E-state index contributed by atoms with van der Waals surface area (Å²) in [5, 5.41) is 13.2. The molecule has 12 heavy (non-hydrogen) atoms. The summed E-state index contributed by atoms with van der Waals surface area (Å²) in [6.07, 6.45) is 1.71. The molecule has 0 spiro atoms. The molecule has 4 heteroatoms. The zero-order chi connectivity index (χ0) is 8.97. The van der Waals surface area contributed by atoms with E-state index in [1.54, 1.807) is 0 Å². The number of piperidine rings is 1. The molecule has 3 nitrogen and oxygen atoms in total. The minimum atomic E-state index is -0.481. The highest BCUT2D eigenvalue weighted by Gasteiger charge is 2.27. The molecule has 0 radical (unpaired) electrons. The molecule has 1 rings (SSSR count). The van der Waals surface area contributed by atoms with Crippen LogP contribution in [0.4, 0.5) is 0 Å². The van der Waals surface area contributed by atoms with Gasteiger partial charge in [-0.1, -0.05) is 15.9 Å². The van der Waals surface area contributed by atoms with Gasteiger partial charge in [0.15, 0.2) is 5.78 Å². The van der Waals surface area contributed by atoms with Crippen molar-refractivity contribution in [2.24, 2.45) is 0 Å². The zero-order valence-corrected chi connectivity index (χ0v) is 8.51. The molecule has 1 fully saturated rings. The second-order valence-corrected chi connectivity index (χ2v) is 3.84. The van der Waals surface area contributed by atoms with Gasteiger partial charge in [-0.3, -0.25) is 4.79 Å². The van der Waals surface area contributed by atoms with E-state index in [1.807, 2.05) is 0 Å². The number of ketones is 1. The summed E-state index contributed by atoms with van der Waals surface area (Å²) in [5.74, 6) is 0.110. The molecule has 0 aromatic heterocycles. The standard InChI is InChI=1S/C8H14BrNO2/c9-4-3-7(12)8-6(11)2-1-5-10-8/h6,8,10-11H,1-5H2. The number of carbonyl (C=O) groups excluding carboxylic acids is 1. The first-order chi connectivity index (χ1) is 5.75. The van der Waals surface area contributed by atoms with Gasteiger partial charge in [0, 0.05) is 11.8 Å². The van der Waals surface area contributed by atoms with E-state index in [9.17, 15) is 9.90 Å². The molecule has 2 atom stereocenters. The lowest BCUT2D eigenvalue weighted by Gasteiger charge is -2.27. The van der Waals surface area contributed by atoms with E-state index in [1.165, 1.54) is 0 Å². The molecular formula is C8H14BrNO2. The van der Waals surface area contributed by atoms with Crippen LogP contribution in [0.3, 0.4) is 0 Å². The quantitative estimate of drug-likeness (QED) is 0.699. The summed E-state index contributed by atoms with van der Waals surface area (Å²) in [6, 6.07) is -0.323. The van der Waals surface area contributed by atoms with Crippen molar-refractivity contribution < 1.29 is 9.90 Å². The van der Waals surface area contributed by atoms with Crippen LogP contribution < -0.4 is 5.32 Å². The van der Waals surface area contributed by atoms with Gasteiger partial charge in [0.2, 0.25) is 0 Å². The monoisotopic (exact) mass is 235 g/mol. The molecule has 2 unspecified atom stereocenters. The maximum Gasteiger partial charge on any atom is 0.153 e. The number of nitrogens with one attached hydrogen (secondary N) is 1. The average Bonchev–Trinajstić information content (AvgIpc) is 2.05. The maximum absolute atomic E-state index is 11.4. The van der Waals surface area contributed by atoms with Gasteiger partial charge in [-0.2, -0.15) is 0 Å². The van der Waals surface area contributed by atoms with Crippen molar-refractivity contribution in [1.29, 1.82) is 0 Å². The van der Waals surface area contributed by atoms with Gasteiger partial charge in [-0.05, 0) is 19.4 Å². The van der Waals surface area contributed by atoms with Crippen molar-refractivity contribution in [2.45, 2.75) is 31.4 Å². The molecule has 0 amide bonds. The first-order valence-electron chi connectivity index (χ1n) is 4.26. The Hall–Kier alpha value is 0.0700. The Morgan fingerprint density at radius 1 is 1.67 bits per heavy atom. The maximum atomic E-state index is 11.4. The van der Waals surface area contributed by atoms with Crippen LogP contribution in [0.5, 0.6) is 0 Å². The largest absolute Gasteiger partial charge is 0.391 e. The molecule has 1 saturated heterocycles. The van der Waals surface area contributed by atoms with E-state index in [4.69, 9.17) is 0 Å². The van der Waals surface area contributed by atoms with Crippen LogP contribution in [0.2, 0.25) is 0 Å². The van der Waals surface area contributed by atoms with Gasteiger partial charge in [0.1, 0.15) is 0 Å². The number of carbonyl (C=O) groups is 1. The summed E-state index contributed by atoms with van der Waals surface area (Å²) >= 11 is 3.21. The third-order valence-corrected chi connectivity index (χ3v) is 2.51. The molecule has 0 aromatic carbocycles. The van der Waals surface area contributed by atoms with Crippen LogP contribution in [0, 0.1) is 0 Å². The number of aliphatic hydroxyl groups excluding tert-OH is 1. The SMILES string of the molecule is O=C(CCBr)C1NCCCC1O. The molecule has 70 valence electrons. The minimum Gasteiger partial charge on any atom is -0.391 e. The Labute approximate surface area is 80.7 Å². The van der Waals surface area contributed by atoms with E-state index in [-0.39, 0.29) is 11.8 Å². The second-order valence-electron chi connectivity index (χ2n) is 3.05. The van der Waals surface area contributed by atoms with E-state index in [0.717, 1.165) is 19.4 Å². The Kier molecular flexibility index (Phi) is 4.18. The number of Topliss-reactive ketones (excluding diaryl/α,β-unsaturated/α-hetero) is 1. The topological polar surface area (TPSA) is 49.3 Å². The van der Waals surface area contributed by atoms with Gasteiger partial charge in [0.25, 0.3) is 0 Å². The number of halogens is 1. The fourth-order valence-corrected chi connectivity index (χ4v) is 1.84. The Balaban J connectivity index is 2.42. The highest BCUT2D eigenvalue weighted by molar-refractivity contribution is 9.09. The predicted molar refractivity (Wildman–Crippen MR) is 50.4 cm³/mol. The average molecular weight is 236 g/mol. The summed E-state index contributed by atoms with van der Waals surface area (Å²) < 4.78 is 0. The number of aliphatic hydroxyl groups is 1. The summed E-state index contributed by atoms with van der Waals surface area (Å²) in [7, 11) is 0. The number of alkyl halides is 1. The third-order valence-electron chi connectivity index (χ3n) is 2.11. The molecule has 0 bridgehead atoms. The second kappa shape index (κ2) is 4.94. The van der Waals surface area contributed by atoms with Gasteiger partial charge < -0.3 is 10.4 Å². The van der Waals surface area contributed by atoms with Gasteiger partial charge in [-0.25, -0.2) is 0 Å². The first kappa shape index (κ1) is 10.2. The van der Waals surface area contributed by atoms with Crippen LogP contribution in [-0.4, -0.2) is 34.9 Å². The number of hydrogen-bond donors (Lipinski definition) is 2. The molecule has 0 aliphatic carbocycles. The van der Waals surface area contributed by atoms with E-state index >= 15 is 0 Å². The zero-order valence-electron chi connectivity index (χ0n) is 6.92. The van der Waals surface area contributed by atoms with Gasteiger partial charge in [0.05, 0.1) is 12.1 Å². The lowest BCUT2D eigenvalue weighted by molar-refractivity contribution is -0.124. The molecule has 0 saturated carbocycles. The molecule has 2 N–H and O–H groups in total. The van der Waals surface area contributed by atoms with Crippen molar-refractivity contribution >= 4 is 21.7 Å². The van der Waals surface area contributed by atoms with Crippen molar-refractivity contribution in [2.75, 3.05) is 11.9 Å². The van der Waals surface area contributed by atoms with E-state index in [2.05, 4.69) is 21.2 Å². The highest BCUT2D eigenvalue weighted by atomic mass is 79.9. The first-order valence-corrected chi connectivity index (χ1v) is 5.38. The lowest BCUT2D eigenvalue weighted by atomic mass is 9.97. The third kappa shape index (κ3) is 2.54. The van der Waals surface area contributed by atoms with Crippen molar-refractivity contribution in [3.05, 3.63) is 0 Å². The number of hydrogen-bond acceptors (Lipinski definition) is 3. The Bertz CT molecular complexity index is 163. The molecule has 1 heterocycles. The fraction of sp³-hybridized carbons (Fsp3) is 0.875. The van der Waals surface area contributed by atoms with E-state index < -0.39 is 6.10 Å². The number of rotatable bonds is 3. The summed E-state index contributed by atoms with van der Waals surface area (Å²) in [5.41, 5.74) is 0. The van der Waals surface area contributed by atoms with Crippen molar-refractivity contribution in [3.8, 4) is 0 Å². The Morgan fingerprint density at radius 2 is 2.42 bits per heavy atom. The van der Waals surface area contributed by atoms with Crippen molar-refractivity contribution in [1.82, 2.24) is 5.32 Å². The van der Waals surface area contributed by atoms with Crippen LogP contribution in [0.15, 0.2) is 0 Å². The molecular weight excluding hydrogens is 222 g/mol. The van der Waals surface area contributed by atoms with Gasteiger partial charge >= 0.3 is 0 Å². The Morgan fingerprint density at radius 3 is 3.00 bits per heavy atom. The molecule has 1 aliphatic heterocycles. The van der Waals surface area contributed by atoms with E-state index in [0.29, 0.717) is 11.8 Å². The smallest absolute Gasteiger partial charge is 0.153 e. The fourth-order valence-electron chi connectivity index (χ4n) is 1.45. The van der Waals surface area contributed by atoms with Crippen LogP contribution in [-0.2, 0) is 4.79 Å². The van der Waals surface area contributed by atoms with Crippen molar-refractivity contribution in [3.63, 3.8) is 0 Å². The minimum absolute atomic E-state index is 0.110. The summed E-state index contributed by atoms with van der Waals surface area (Å²) in [4.78, 5) is 11.4. The lowest BCUT2D eigenvalue weighted by Crippen LogP contribution is -2.49. The predicted octanol–water partition coefficient (Wildman–Crippen LogP) is 0.453. The normalized spacial score (nSPS) is 30.2.